The number of carbonyl (C=O) groups is 1. The number of rotatable bonds is 4. The van der Waals surface area contributed by atoms with Gasteiger partial charge in [-0.1, -0.05) is 35.9 Å². The van der Waals surface area contributed by atoms with Gasteiger partial charge in [-0.2, -0.15) is 9.97 Å². The average Bonchev–Trinajstić information content (AvgIpc) is 2.55. The van der Waals surface area contributed by atoms with E-state index in [1.54, 1.807) is 36.4 Å². The summed E-state index contributed by atoms with van der Waals surface area (Å²) in [5, 5.41) is 3.11. The highest BCUT2D eigenvalue weighted by molar-refractivity contribution is 6.31. The summed E-state index contributed by atoms with van der Waals surface area (Å²) in [6, 6.07) is 17.2. The molecular weight excluding hydrogens is 328 g/mol. The van der Waals surface area contributed by atoms with Crippen LogP contribution in [0, 0.1) is 0 Å². The highest BCUT2D eigenvalue weighted by Crippen LogP contribution is 2.22. The molecule has 3 N–H and O–H groups in total. The maximum Gasteiger partial charge on any atom is 0.256 e. The van der Waals surface area contributed by atoms with E-state index in [1.165, 1.54) is 6.07 Å². The van der Waals surface area contributed by atoms with Gasteiger partial charge in [0.1, 0.15) is 11.6 Å². The van der Waals surface area contributed by atoms with Gasteiger partial charge < -0.3 is 15.8 Å². The fourth-order valence-corrected chi connectivity index (χ4v) is 2.18. The lowest BCUT2D eigenvalue weighted by atomic mass is 10.2. The smallest absolute Gasteiger partial charge is 0.256 e. The van der Waals surface area contributed by atoms with Gasteiger partial charge >= 0.3 is 0 Å². The molecule has 0 aliphatic rings. The molecule has 0 saturated heterocycles. The molecule has 3 rings (SSSR count). The summed E-state index contributed by atoms with van der Waals surface area (Å²) in [5.74, 6) is 0.697. The van der Waals surface area contributed by atoms with Crippen molar-refractivity contribution in [3.8, 4) is 11.6 Å². The number of hydrogen-bond acceptors (Lipinski definition) is 5. The Kier molecular flexibility index (Phi) is 4.58. The van der Waals surface area contributed by atoms with Gasteiger partial charge in [0.2, 0.25) is 11.8 Å². The van der Waals surface area contributed by atoms with Crippen molar-refractivity contribution < 1.29 is 9.53 Å². The van der Waals surface area contributed by atoms with Crippen molar-refractivity contribution in [2.75, 3.05) is 11.1 Å². The van der Waals surface area contributed by atoms with Gasteiger partial charge in [0.05, 0.1) is 0 Å². The molecule has 7 heteroatoms. The van der Waals surface area contributed by atoms with Crippen molar-refractivity contribution in [1.82, 2.24) is 9.97 Å². The third-order valence-corrected chi connectivity index (χ3v) is 3.25. The second-order valence-electron chi connectivity index (χ2n) is 4.83. The average molecular weight is 341 g/mol. The van der Waals surface area contributed by atoms with Crippen molar-refractivity contribution in [3.05, 3.63) is 71.2 Å². The number of para-hydroxylation sites is 1. The maximum absolute atomic E-state index is 12.2. The van der Waals surface area contributed by atoms with Crippen molar-refractivity contribution in [3.63, 3.8) is 0 Å². The number of anilines is 2. The molecule has 3 aromatic rings. The molecule has 0 unspecified atom stereocenters. The Morgan fingerprint density at radius 1 is 1.04 bits per heavy atom. The minimum atomic E-state index is -0.360. The molecule has 0 atom stereocenters. The van der Waals surface area contributed by atoms with Gasteiger partial charge in [-0.15, -0.1) is 0 Å². The molecule has 120 valence electrons. The fraction of sp³-hybridized carbons (Fsp3) is 0. The SMILES string of the molecule is Nc1nc(NC(=O)c2cccc(Cl)c2)cc(Oc2ccccc2)n1. The Morgan fingerprint density at radius 3 is 2.58 bits per heavy atom. The van der Waals surface area contributed by atoms with E-state index in [1.807, 2.05) is 18.2 Å². The zero-order valence-electron chi connectivity index (χ0n) is 12.4. The number of nitrogens with one attached hydrogen (secondary N) is 1. The molecule has 0 spiro atoms. The van der Waals surface area contributed by atoms with Crippen LogP contribution in [0.2, 0.25) is 5.02 Å². The summed E-state index contributed by atoms with van der Waals surface area (Å²) in [6.45, 7) is 0. The Balaban J connectivity index is 1.80. The molecule has 0 bridgehead atoms. The number of aromatic nitrogens is 2. The third kappa shape index (κ3) is 3.99. The molecule has 0 aliphatic carbocycles. The summed E-state index contributed by atoms with van der Waals surface area (Å²) in [4.78, 5) is 20.2. The molecule has 0 aliphatic heterocycles. The molecule has 2 aromatic carbocycles. The zero-order valence-corrected chi connectivity index (χ0v) is 13.2. The fourth-order valence-electron chi connectivity index (χ4n) is 1.99. The molecular formula is C17H13ClN4O2. The van der Waals surface area contributed by atoms with Crippen LogP contribution >= 0.6 is 11.6 Å². The summed E-state index contributed by atoms with van der Waals surface area (Å²) in [7, 11) is 0. The molecule has 1 aromatic heterocycles. The molecule has 0 saturated carbocycles. The first kappa shape index (κ1) is 15.8. The topological polar surface area (TPSA) is 90.1 Å². The maximum atomic E-state index is 12.2. The van der Waals surface area contributed by atoms with Crippen LogP contribution in [0.4, 0.5) is 11.8 Å². The van der Waals surface area contributed by atoms with Crippen LogP contribution in [0.15, 0.2) is 60.7 Å². The van der Waals surface area contributed by atoms with Crippen LogP contribution in [-0.2, 0) is 0 Å². The number of ether oxygens (including phenoxy) is 1. The number of amides is 1. The van der Waals surface area contributed by atoms with Crippen LogP contribution in [0.5, 0.6) is 11.6 Å². The first-order valence-electron chi connectivity index (χ1n) is 7.04. The normalized spacial score (nSPS) is 10.2. The Morgan fingerprint density at radius 2 is 1.83 bits per heavy atom. The Labute approximate surface area is 143 Å². The van der Waals surface area contributed by atoms with E-state index in [9.17, 15) is 4.79 Å². The molecule has 0 fully saturated rings. The number of benzene rings is 2. The monoisotopic (exact) mass is 340 g/mol. The lowest BCUT2D eigenvalue weighted by Crippen LogP contribution is -2.14. The summed E-state index contributed by atoms with van der Waals surface area (Å²) < 4.78 is 5.60. The van der Waals surface area contributed by atoms with E-state index >= 15 is 0 Å². The van der Waals surface area contributed by atoms with E-state index in [-0.39, 0.29) is 23.6 Å². The quantitative estimate of drug-likeness (QED) is 0.754. The predicted molar refractivity (Wildman–Crippen MR) is 92.4 cm³/mol. The number of nitrogen functional groups attached to an aromatic ring is 1. The largest absolute Gasteiger partial charge is 0.439 e. The number of nitrogens with two attached hydrogens (primary N) is 1. The second kappa shape index (κ2) is 6.97. The van der Waals surface area contributed by atoms with Gasteiger partial charge in [0.15, 0.2) is 0 Å². The van der Waals surface area contributed by atoms with E-state index in [4.69, 9.17) is 22.1 Å². The summed E-state index contributed by atoms with van der Waals surface area (Å²) in [5.41, 5.74) is 6.08. The van der Waals surface area contributed by atoms with E-state index in [0.29, 0.717) is 16.3 Å². The van der Waals surface area contributed by atoms with Crippen LogP contribution in [-0.4, -0.2) is 15.9 Å². The van der Waals surface area contributed by atoms with Crippen LogP contribution in [0.3, 0.4) is 0 Å². The number of halogens is 1. The predicted octanol–water partition coefficient (Wildman–Crippen LogP) is 3.76. The van der Waals surface area contributed by atoms with Gasteiger partial charge in [0.25, 0.3) is 5.91 Å². The number of nitrogens with zero attached hydrogens (tertiary/aromatic N) is 2. The molecule has 1 amide bonds. The molecule has 6 nitrogen and oxygen atoms in total. The van der Waals surface area contributed by atoms with Crippen LogP contribution < -0.4 is 15.8 Å². The van der Waals surface area contributed by atoms with Gasteiger partial charge in [-0.25, -0.2) is 0 Å². The van der Waals surface area contributed by atoms with Crippen molar-refractivity contribution >= 4 is 29.3 Å². The second-order valence-corrected chi connectivity index (χ2v) is 5.27. The van der Waals surface area contributed by atoms with Crippen molar-refractivity contribution in [2.24, 2.45) is 0 Å². The first-order valence-corrected chi connectivity index (χ1v) is 7.42. The highest BCUT2D eigenvalue weighted by atomic mass is 35.5. The van der Waals surface area contributed by atoms with Crippen molar-refractivity contribution in [2.45, 2.75) is 0 Å². The zero-order chi connectivity index (χ0) is 16.9. The first-order chi connectivity index (χ1) is 11.6. The molecule has 1 heterocycles. The third-order valence-electron chi connectivity index (χ3n) is 3.01. The van der Waals surface area contributed by atoms with E-state index < -0.39 is 0 Å². The summed E-state index contributed by atoms with van der Waals surface area (Å²) in [6.07, 6.45) is 0. The standard InChI is InChI=1S/C17H13ClN4O2/c18-12-6-4-5-11(9-12)16(23)20-14-10-15(22-17(19)21-14)24-13-7-2-1-3-8-13/h1-10H,(H3,19,20,21,22,23). The Hall–Kier alpha value is -3.12. The lowest BCUT2D eigenvalue weighted by molar-refractivity contribution is 0.102. The van der Waals surface area contributed by atoms with E-state index in [0.717, 1.165) is 0 Å². The van der Waals surface area contributed by atoms with E-state index in [2.05, 4.69) is 15.3 Å². The minimum absolute atomic E-state index is 0.00942. The minimum Gasteiger partial charge on any atom is -0.439 e. The number of hydrogen-bond donors (Lipinski definition) is 2. The van der Waals surface area contributed by atoms with Crippen molar-refractivity contribution in [1.29, 1.82) is 0 Å². The lowest BCUT2D eigenvalue weighted by Gasteiger charge is -2.09. The van der Waals surface area contributed by atoms with Gasteiger partial charge in [0, 0.05) is 16.7 Å². The van der Waals surface area contributed by atoms with Gasteiger partial charge in [-0.05, 0) is 30.3 Å². The molecule has 0 radical (unpaired) electrons. The summed E-state index contributed by atoms with van der Waals surface area (Å²) >= 11 is 5.89. The van der Waals surface area contributed by atoms with Crippen LogP contribution in [0.25, 0.3) is 0 Å². The molecule has 24 heavy (non-hydrogen) atoms. The number of carbonyl (C=O) groups excluding carboxylic acids is 1. The van der Waals surface area contributed by atoms with Crippen LogP contribution in [0.1, 0.15) is 10.4 Å². The Bertz CT molecular complexity index is 871. The van der Waals surface area contributed by atoms with Gasteiger partial charge in [-0.3, -0.25) is 4.79 Å². The highest BCUT2D eigenvalue weighted by Gasteiger charge is 2.10.